The first-order valence-electron chi connectivity index (χ1n) is 7.49. The van der Waals surface area contributed by atoms with Crippen LogP contribution in [0.25, 0.3) is 0 Å². The predicted octanol–water partition coefficient (Wildman–Crippen LogP) is 3.96. The van der Waals surface area contributed by atoms with E-state index in [4.69, 9.17) is 21.1 Å². The lowest BCUT2D eigenvalue weighted by molar-refractivity contribution is 0.00612. The zero-order chi connectivity index (χ0) is 16.2. The van der Waals surface area contributed by atoms with Crippen LogP contribution in [0.3, 0.4) is 0 Å². The summed E-state index contributed by atoms with van der Waals surface area (Å²) in [5.41, 5.74) is -0.452. The second kappa shape index (κ2) is 7.62. The number of carbonyl (C=O) groups excluding carboxylic acids is 1. The number of rotatable bonds is 4. The van der Waals surface area contributed by atoms with E-state index in [2.05, 4.69) is 4.98 Å². The lowest BCUT2D eigenvalue weighted by Crippen LogP contribution is -2.43. The molecule has 0 unspecified atom stereocenters. The summed E-state index contributed by atoms with van der Waals surface area (Å²) in [6, 6.07) is 0. The molecule has 5 nitrogen and oxygen atoms in total. The summed E-state index contributed by atoms with van der Waals surface area (Å²) < 4.78 is 11.7. The highest BCUT2D eigenvalue weighted by Gasteiger charge is 2.27. The summed E-state index contributed by atoms with van der Waals surface area (Å²) in [7, 11) is 0. The number of nitrogens with zero attached hydrogens (tertiary/aromatic N) is 2. The highest BCUT2D eigenvalue weighted by molar-refractivity contribution is 7.15. The molecule has 2 rings (SSSR count). The van der Waals surface area contributed by atoms with Gasteiger partial charge in [0.25, 0.3) is 0 Å². The Morgan fingerprint density at radius 3 is 2.95 bits per heavy atom. The summed E-state index contributed by atoms with van der Waals surface area (Å²) in [5.74, 6) is 0.352. The number of aromatic nitrogens is 1. The Hall–Kier alpha value is -0.850. The standard InChI is InChI=1S/C15H23ClN2O3S/c1-15(2,3)21-14(19)18-6-4-5-11(8-18)9-20-10-12-7-17-13(16)22-12/h7,11H,4-6,8-10H2,1-3H3/t11-/m0/s1. The monoisotopic (exact) mass is 346 g/mol. The van der Waals surface area contributed by atoms with Gasteiger partial charge in [-0.3, -0.25) is 0 Å². The molecule has 0 aliphatic carbocycles. The molecule has 0 aromatic carbocycles. The smallest absolute Gasteiger partial charge is 0.410 e. The van der Waals surface area contributed by atoms with Gasteiger partial charge in [0.1, 0.15) is 5.60 Å². The van der Waals surface area contributed by atoms with Gasteiger partial charge in [-0.25, -0.2) is 9.78 Å². The van der Waals surface area contributed by atoms with E-state index in [0.29, 0.717) is 30.1 Å². The number of halogens is 1. The van der Waals surface area contributed by atoms with Crippen molar-refractivity contribution < 1.29 is 14.3 Å². The third-order valence-corrected chi connectivity index (χ3v) is 4.38. The fraction of sp³-hybridized carbons (Fsp3) is 0.733. The summed E-state index contributed by atoms with van der Waals surface area (Å²) >= 11 is 7.22. The minimum absolute atomic E-state index is 0.230. The SMILES string of the molecule is CC(C)(C)OC(=O)N1CCC[C@H](COCc2cnc(Cl)s2)C1. The van der Waals surface area contributed by atoms with E-state index >= 15 is 0 Å². The van der Waals surface area contributed by atoms with Crippen molar-refractivity contribution in [1.29, 1.82) is 0 Å². The molecule has 1 saturated heterocycles. The fourth-order valence-corrected chi connectivity index (χ4v) is 3.29. The average molecular weight is 347 g/mol. The highest BCUT2D eigenvalue weighted by Crippen LogP contribution is 2.22. The Labute approximate surface area is 140 Å². The molecule has 1 amide bonds. The van der Waals surface area contributed by atoms with E-state index in [0.717, 1.165) is 24.3 Å². The second-order valence-corrected chi connectivity index (χ2v) is 8.23. The molecule has 0 N–H and O–H groups in total. The molecule has 0 saturated carbocycles. The van der Waals surface area contributed by atoms with Gasteiger partial charge in [-0.2, -0.15) is 0 Å². The summed E-state index contributed by atoms with van der Waals surface area (Å²) in [6.07, 6.45) is 3.56. The molecule has 0 radical (unpaired) electrons. The van der Waals surface area contributed by atoms with E-state index in [-0.39, 0.29) is 6.09 Å². The van der Waals surface area contributed by atoms with Crippen molar-refractivity contribution in [3.63, 3.8) is 0 Å². The molecule has 1 fully saturated rings. The van der Waals surface area contributed by atoms with Gasteiger partial charge < -0.3 is 14.4 Å². The van der Waals surface area contributed by atoms with Gasteiger partial charge in [0.2, 0.25) is 0 Å². The van der Waals surface area contributed by atoms with Crippen LogP contribution >= 0.6 is 22.9 Å². The molecule has 2 heterocycles. The molecular formula is C15H23ClN2O3S. The third-order valence-electron chi connectivity index (χ3n) is 3.29. The molecule has 1 aromatic heterocycles. The number of thiazole rings is 1. The van der Waals surface area contributed by atoms with Crippen LogP contribution in [0.4, 0.5) is 4.79 Å². The topological polar surface area (TPSA) is 51.7 Å². The van der Waals surface area contributed by atoms with Crippen LogP contribution in [0.15, 0.2) is 6.20 Å². The molecule has 7 heteroatoms. The van der Waals surface area contributed by atoms with E-state index in [1.807, 2.05) is 20.8 Å². The molecule has 0 spiro atoms. The summed E-state index contributed by atoms with van der Waals surface area (Å²) in [4.78, 5) is 18.9. The molecule has 1 aliphatic rings. The van der Waals surface area contributed by atoms with Crippen LogP contribution in [0, 0.1) is 5.92 Å². The fourth-order valence-electron chi connectivity index (χ4n) is 2.37. The molecule has 22 heavy (non-hydrogen) atoms. The van der Waals surface area contributed by atoms with Gasteiger partial charge in [0, 0.05) is 25.2 Å². The first-order chi connectivity index (χ1) is 10.3. The first kappa shape index (κ1) is 17.5. The molecule has 1 aliphatic heterocycles. The number of hydrogen-bond donors (Lipinski definition) is 0. The average Bonchev–Trinajstić information content (AvgIpc) is 2.83. The van der Waals surface area contributed by atoms with Crippen LogP contribution in [-0.2, 0) is 16.1 Å². The van der Waals surface area contributed by atoms with Crippen molar-refractivity contribution in [1.82, 2.24) is 9.88 Å². The van der Waals surface area contributed by atoms with Gasteiger partial charge >= 0.3 is 6.09 Å². The van der Waals surface area contributed by atoms with Crippen LogP contribution in [0.5, 0.6) is 0 Å². The van der Waals surface area contributed by atoms with E-state index in [1.165, 1.54) is 11.3 Å². The van der Waals surface area contributed by atoms with Crippen molar-refractivity contribution in [2.75, 3.05) is 19.7 Å². The molecule has 124 valence electrons. The number of likely N-dealkylation sites (tertiary alicyclic amines) is 1. The normalized spacial score (nSPS) is 19.3. The zero-order valence-corrected chi connectivity index (χ0v) is 14.9. The van der Waals surface area contributed by atoms with Gasteiger partial charge in [-0.15, -0.1) is 11.3 Å². The van der Waals surface area contributed by atoms with Crippen LogP contribution in [0.1, 0.15) is 38.5 Å². The van der Waals surface area contributed by atoms with E-state index in [9.17, 15) is 4.79 Å². The second-order valence-electron chi connectivity index (χ2n) is 6.53. The summed E-state index contributed by atoms with van der Waals surface area (Å²) in [6.45, 7) is 8.26. The Kier molecular flexibility index (Phi) is 6.06. The van der Waals surface area contributed by atoms with Crippen molar-refractivity contribution >= 4 is 29.0 Å². The maximum atomic E-state index is 12.1. The molecular weight excluding hydrogens is 324 g/mol. The molecule has 1 atom stereocenters. The van der Waals surface area contributed by atoms with Crippen LogP contribution in [-0.4, -0.2) is 41.3 Å². The minimum Gasteiger partial charge on any atom is -0.444 e. The largest absolute Gasteiger partial charge is 0.444 e. The lowest BCUT2D eigenvalue weighted by atomic mass is 9.99. The number of hydrogen-bond acceptors (Lipinski definition) is 5. The van der Waals surface area contributed by atoms with Crippen molar-refractivity contribution in [3.8, 4) is 0 Å². The minimum atomic E-state index is -0.452. The van der Waals surface area contributed by atoms with Gasteiger partial charge in [-0.05, 0) is 33.6 Å². The zero-order valence-electron chi connectivity index (χ0n) is 13.3. The molecule has 0 bridgehead atoms. The number of ether oxygens (including phenoxy) is 2. The van der Waals surface area contributed by atoms with E-state index in [1.54, 1.807) is 11.1 Å². The van der Waals surface area contributed by atoms with Crippen molar-refractivity contribution in [3.05, 3.63) is 15.5 Å². The van der Waals surface area contributed by atoms with Gasteiger partial charge in [0.15, 0.2) is 4.47 Å². The number of amides is 1. The maximum absolute atomic E-state index is 12.1. The maximum Gasteiger partial charge on any atom is 0.410 e. The lowest BCUT2D eigenvalue weighted by Gasteiger charge is -2.34. The molecule has 1 aromatic rings. The van der Waals surface area contributed by atoms with Crippen LogP contribution < -0.4 is 0 Å². The summed E-state index contributed by atoms with van der Waals surface area (Å²) in [5, 5.41) is 0. The number of carbonyl (C=O) groups is 1. The van der Waals surface area contributed by atoms with Gasteiger partial charge in [0.05, 0.1) is 18.1 Å². The van der Waals surface area contributed by atoms with Gasteiger partial charge in [-0.1, -0.05) is 11.6 Å². The van der Waals surface area contributed by atoms with Crippen molar-refractivity contribution in [2.45, 2.75) is 45.8 Å². The van der Waals surface area contributed by atoms with E-state index < -0.39 is 5.60 Å². The quantitative estimate of drug-likeness (QED) is 0.828. The Morgan fingerprint density at radius 1 is 1.55 bits per heavy atom. The third kappa shape index (κ3) is 5.74. The number of piperidine rings is 1. The predicted molar refractivity (Wildman–Crippen MR) is 87.3 cm³/mol. The highest BCUT2D eigenvalue weighted by atomic mass is 35.5. The Bertz CT molecular complexity index is 501. The first-order valence-corrected chi connectivity index (χ1v) is 8.69. The Morgan fingerprint density at radius 2 is 2.32 bits per heavy atom. The van der Waals surface area contributed by atoms with Crippen LogP contribution in [0.2, 0.25) is 4.47 Å². The Balaban J connectivity index is 1.74. The van der Waals surface area contributed by atoms with Crippen molar-refractivity contribution in [2.24, 2.45) is 5.92 Å².